The number of aromatic nitrogens is 1. The van der Waals surface area contributed by atoms with Crippen LogP contribution in [0.15, 0.2) is 73.5 Å². The number of rotatable bonds is 20. The van der Waals surface area contributed by atoms with E-state index in [4.69, 9.17) is 19.5 Å². The third-order valence-corrected chi connectivity index (χ3v) is 15.2. The van der Waals surface area contributed by atoms with E-state index >= 15 is 0 Å². The first-order valence-electron chi connectivity index (χ1n) is 24.6. The highest BCUT2D eigenvalue weighted by molar-refractivity contribution is 6.42. The van der Waals surface area contributed by atoms with Crippen LogP contribution in [0.3, 0.4) is 0 Å². The van der Waals surface area contributed by atoms with Crippen LogP contribution in [0.2, 0.25) is 0 Å². The van der Waals surface area contributed by atoms with Gasteiger partial charge in [-0.3, -0.25) is 19.4 Å². The first kappa shape index (κ1) is 49.1. The average molecular weight is 875 g/mol. The van der Waals surface area contributed by atoms with E-state index in [1.807, 2.05) is 25.2 Å². The molecule has 5 heterocycles. The summed E-state index contributed by atoms with van der Waals surface area (Å²) in [5.74, 6) is -0.336. The molecule has 2 N–H and O–H groups in total. The molecule has 7 atom stereocenters. The minimum atomic E-state index is -1.17. The number of fused-ring (bicyclic) bond motifs is 6. The zero-order chi connectivity index (χ0) is 46.4. The van der Waals surface area contributed by atoms with Gasteiger partial charge in [-0.15, -0.1) is 0 Å². The van der Waals surface area contributed by atoms with Gasteiger partial charge in [-0.25, -0.2) is 4.99 Å². The molecule has 0 spiro atoms. The quantitative estimate of drug-likeness (QED) is 0.0764. The predicted octanol–water partition coefficient (Wildman–Crippen LogP) is 11.8. The Labute approximate surface area is 384 Å². The van der Waals surface area contributed by atoms with Gasteiger partial charge in [0.2, 0.25) is 0 Å². The molecule has 1 aromatic rings. The van der Waals surface area contributed by atoms with E-state index in [9.17, 15) is 14.4 Å². The average Bonchev–Trinajstić information content (AvgIpc) is 3.99. The van der Waals surface area contributed by atoms with E-state index in [2.05, 4.69) is 79.2 Å². The molecule has 8 bridgehead atoms. The second kappa shape index (κ2) is 21.7. The summed E-state index contributed by atoms with van der Waals surface area (Å²) in [5, 5.41) is 3.92. The van der Waals surface area contributed by atoms with Crippen molar-refractivity contribution in [3.63, 3.8) is 0 Å². The van der Waals surface area contributed by atoms with Gasteiger partial charge in [0.05, 0.1) is 24.2 Å². The molecule has 0 amide bonds. The summed E-state index contributed by atoms with van der Waals surface area (Å²) in [5.41, 5.74) is 12.8. The van der Waals surface area contributed by atoms with Crippen molar-refractivity contribution in [3.8, 4) is 0 Å². The van der Waals surface area contributed by atoms with Crippen LogP contribution in [-0.2, 0) is 36.7 Å². The van der Waals surface area contributed by atoms with Crippen molar-refractivity contribution in [3.05, 3.63) is 86.1 Å². The number of esters is 2. The topological polar surface area (TPSA) is 122 Å². The first-order valence-corrected chi connectivity index (χ1v) is 24.6. The van der Waals surface area contributed by atoms with Crippen molar-refractivity contribution >= 4 is 35.2 Å². The molecule has 1 saturated carbocycles. The lowest BCUT2D eigenvalue weighted by Gasteiger charge is -2.22. The van der Waals surface area contributed by atoms with Gasteiger partial charge in [-0.1, -0.05) is 110 Å². The Balaban J connectivity index is 1.18. The minimum absolute atomic E-state index is 0.0217. The van der Waals surface area contributed by atoms with Gasteiger partial charge in [-0.2, -0.15) is 0 Å². The lowest BCUT2D eigenvalue weighted by molar-refractivity contribution is -0.146. The molecule has 1 fully saturated rings. The Morgan fingerprint density at radius 3 is 2.30 bits per heavy atom. The molecular weight excluding hydrogens is 797 g/mol. The maximum absolute atomic E-state index is 14.4. The van der Waals surface area contributed by atoms with Crippen LogP contribution in [0.4, 0.5) is 0 Å². The van der Waals surface area contributed by atoms with Crippen LogP contribution in [0, 0.1) is 42.4 Å². The van der Waals surface area contributed by atoms with Gasteiger partial charge in [0.25, 0.3) is 0 Å². The van der Waals surface area contributed by atoms with Crippen LogP contribution in [0.25, 0.3) is 6.08 Å². The minimum Gasteiger partial charge on any atom is -0.468 e. The van der Waals surface area contributed by atoms with Crippen LogP contribution in [0.1, 0.15) is 162 Å². The van der Waals surface area contributed by atoms with Crippen molar-refractivity contribution in [2.45, 2.75) is 171 Å². The first-order chi connectivity index (χ1) is 30.6. The number of ketones is 1. The number of carbonyl (C=O) groups is 3. The maximum atomic E-state index is 14.4. The third kappa shape index (κ3) is 10.8. The molecule has 4 aliphatic heterocycles. The van der Waals surface area contributed by atoms with E-state index in [1.165, 1.54) is 79.9 Å². The molecule has 2 unspecified atom stereocenters. The van der Waals surface area contributed by atoms with Crippen molar-refractivity contribution in [2.75, 3.05) is 13.7 Å². The Hall–Kier alpha value is -4.37. The summed E-state index contributed by atoms with van der Waals surface area (Å²) in [6.07, 6.45) is 20.3. The molecule has 1 aliphatic carbocycles. The number of ether oxygens (including phenoxy) is 2. The SMILES string of the molecule is C=CC1=C(C)C2CC3=N/C(=C4\C5=NC(=Cc6[nH]c(c(C)c6CC)CC1N2)C(C)=C5C(=O)[C@H]4C(=O)OC)[C@H](CCC(=O)OC/C=C(\C)CCC[C@@H](C)CCC[C@@H](C)CCCC(C)C)[C@H]3C. The Morgan fingerprint density at radius 2 is 1.64 bits per heavy atom. The van der Waals surface area contributed by atoms with Gasteiger partial charge in [-0.05, 0) is 106 Å². The van der Waals surface area contributed by atoms with E-state index in [0.29, 0.717) is 41.1 Å². The van der Waals surface area contributed by atoms with Crippen molar-refractivity contribution in [2.24, 2.45) is 45.5 Å². The number of hydrogen-bond acceptors (Lipinski definition) is 8. The van der Waals surface area contributed by atoms with Crippen LogP contribution in [-0.4, -0.2) is 59.9 Å². The number of aliphatic imine (C=N–C) groups is 2. The standard InChI is InChI=1S/C55H78N4O5/c1-13-39-35(8)42-28-44-37(10)41(24-25-48(60)64-27-26-34(7)23-17-22-33(6)21-16-20-32(5)19-15-18-31(3)4)52(58-44)50-51(55(62)63-12)54(61)49-38(11)45(59-53(49)50)30-47-40(14-2)36(9)43(57-47)29-46(39)56-42/h13,26,30-33,37,41-42,46,51,56-57H,1,14-25,27-29H2,2-12H3/b34-26+,45-30?,52-50-/t32-,33-,37+,41+,42?,46?,51-/m0/s1. The molecule has 9 nitrogen and oxygen atoms in total. The van der Waals surface area contributed by atoms with E-state index in [0.717, 1.165) is 66.1 Å². The second-order valence-electron chi connectivity index (χ2n) is 20.2. The van der Waals surface area contributed by atoms with Crippen molar-refractivity contribution < 1.29 is 23.9 Å². The molecule has 0 aromatic carbocycles. The molecule has 64 heavy (non-hydrogen) atoms. The summed E-state index contributed by atoms with van der Waals surface area (Å²) < 4.78 is 11.1. The number of methoxy groups -OCH3 is 1. The summed E-state index contributed by atoms with van der Waals surface area (Å²) >= 11 is 0. The highest BCUT2D eigenvalue weighted by atomic mass is 16.5. The van der Waals surface area contributed by atoms with Gasteiger partial charge in [0, 0.05) is 71.4 Å². The Kier molecular flexibility index (Phi) is 16.7. The normalized spacial score (nSPS) is 25.2. The Bertz CT molecular complexity index is 2190. The number of Topliss-reactive ketones (excluding diaryl/α,β-unsaturated/α-hetero) is 1. The summed E-state index contributed by atoms with van der Waals surface area (Å²) in [4.78, 5) is 55.7. The van der Waals surface area contributed by atoms with Gasteiger partial charge in [0.1, 0.15) is 12.5 Å². The third-order valence-electron chi connectivity index (χ3n) is 15.2. The van der Waals surface area contributed by atoms with Crippen LogP contribution < -0.4 is 5.32 Å². The summed E-state index contributed by atoms with van der Waals surface area (Å²) in [7, 11) is 1.32. The van der Waals surface area contributed by atoms with Crippen LogP contribution in [0.5, 0.6) is 0 Å². The number of H-pyrrole nitrogens is 1. The monoisotopic (exact) mass is 875 g/mol. The number of nitrogens with one attached hydrogen (secondary N) is 2. The maximum Gasteiger partial charge on any atom is 0.321 e. The van der Waals surface area contributed by atoms with Crippen molar-refractivity contribution in [1.82, 2.24) is 10.3 Å². The number of aromatic amines is 1. The lowest BCUT2D eigenvalue weighted by atomic mass is 9.82. The largest absolute Gasteiger partial charge is 0.468 e. The van der Waals surface area contributed by atoms with Crippen molar-refractivity contribution in [1.29, 1.82) is 0 Å². The zero-order valence-corrected chi connectivity index (χ0v) is 41.1. The summed E-state index contributed by atoms with van der Waals surface area (Å²) in [6.45, 7) is 26.6. The lowest BCUT2D eigenvalue weighted by Crippen LogP contribution is -2.36. The fourth-order valence-corrected chi connectivity index (χ4v) is 11.0. The molecule has 1 aromatic heterocycles. The van der Waals surface area contributed by atoms with E-state index < -0.39 is 11.9 Å². The molecular formula is C55H78N4O5. The fourth-order valence-electron chi connectivity index (χ4n) is 11.0. The molecule has 0 saturated heterocycles. The zero-order valence-electron chi connectivity index (χ0n) is 41.1. The highest BCUT2D eigenvalue weighted by Gasteiger charge is 2.52. The molecule has 9 heteroatoms. The fraction of sp³-hybridized carbons (Fsp3) is 0.618. The number of nitrogens with zero attached hydrogens (tertiary/aromatic N) is 2. The molecule has 6 rings (SSSR count). The van der Waals surface area contributed by atoms with Crippen LogP contribution >= 0.6 is 0 Å². The number of allylic oxidation sites excluding steroid dienone is 4. The number of carbonyl (C=O) groups excluding carboxylic acids is 3. The van der Waals surface area contributed by atoms with Gasteiger partial charge < -0.3 is 19.8 Å². The van der Waals surface area contributed by atoms with Gasteiger partial charge >= 0.3 is 11.9 Å². The Morgan fingerprint density at radius 1 is 0.953 bits per heavy atom. The molecule has 348 valence electrons. The summed E-state index contributed by atoms with van der Waals surface area (Å²) in [6, 6.07) is 0.0960. The second-order valence-corrected chi connectivity index (χ2v) is 20.2. The predicted molar refractivity (Wildman–Crippen MR) is 261 cm³/mol. The van der Waals surface area contributed by atoms with Gasteiger partial charge in [0.15, 0.2) is 5.78 Å². The number of hydrogen-bond donors (Lipinski definition) is 2. The molecule has 5 aliphatic rings. The van der Waals surface area contributed by atoms with E-state index in [-0.39, 0.29) is 48.7 Å². The smallest absolute Gasteiger partial charge is 0.321 e. The highest BCUT2D eigenvalue weighted by Crippen LogP contribution is 2.48. The molecule has 0 radical (unpaired) electrons. The van der Waals surface area contributed by atoms with E-state index in [1.54, 1.807) is 0 Å².